The van der Waals surface area contributed by atoms with Gasteiger partial charge in [-0.05, 0) is 24.6 Å². The Balaban J connectivity index is 1.62. The summed E-state index contributed by atoms with van der Waals surface area (Å²) in [5.74, 6) is 0.238. The van der Waals surface area contributed by atoms with Gasteiger partial charge in [0.15, 0.2) is 0 Å². The summed E-state index contributed by atoms with van der Waals surface area (Å²) in [4.78, 5) is 16.3. The standard InChI is InChI=1S/C23H30N2O/c1-3-23(26)25(21-12-8-5-9-13-21)22-14-16-24(17-15-22)19(2)18-20-10-6-4-7-11-20/h4-13,19,22H,3,14-18H2,1-2H3/p+1. The van der Waals surface area contributed by atoms with E-state index < -0.39 is 0 Å². The van der Waals surface area contributed by atoms with Crippen LogP contribution in [-0.4, -0.2) is 31.1 Å². The molecule has 1 atom stereocenters. The number of piperidine rings is 1. The number of hydrogen-bond donors (Lipinski definition) is 1. The van der Waals surface area contributed by atoms with E-state index in [4.69, 9.17) is 0 Å². The zero-order valence-electron chi connectivity index (χ0n) is 16.0. The molecule has 0 aliphatic carbocycles. The summed E-state index contributed by atoms with van der Waals surface area (Å²) in [6.45, 7) is 6.59. The van der Waals surface area contributed by atoms with Crippen LogP contribution in [-0.2, 0) is 11.2 Å². The van der Waals surface area contributed by atoms with Crippen molar-refractivity contribution in [2.75, 3.05) is 18.0 Å². The minimum Gasteiger partial charge on any atom is -0.332 e. The SMILES string of the molecule is CCC(=O)N(c1ccccc1)C1CC[NH+](C(C)Cc2ccccc2)CC1. The fraction of sp³-hybridized carbons (Fsp3) is 0.435. The summed E-state index contributed by atoms with van der Waals surface area (Å²) in [6, 6.07) is 21.9. The van der Waals surface area contributed by atoms with Gasteiger partial charge in [-0.25, -0.2) is 0 Å². The van der Waals surface area contributed by atoms with E-state index in [1.165, 1.54) is 5.56 Å². The van der Waals surface area contributed by atoms with Gasteiger partial charge in [-0.2, -0.15) is 0 Å². The van der Waals surface area contributed by atoms with Gasteiger partial charge in [-0.3, -0.25) is 4.79 Å². The van der Waals surface area contributed by atoms with Gasteiger partial charge in [0.25, 0.3) is 0 Å². The quantitative estimate of drug-likeness (QED) is 0.850. The molecule has 1 aliphatic rings. The molecule has 26 heavy (non-hydrogen) atoms. The zero-order chi connectivity index (χ0) is 18.4. The van der Waals surface area contributed by atoms with Crippen LogP contribution in [0.5, 0.6) is 0 Å². The number of benzene rings is 2. The minimum absolute atomic E-state index is 0.238. The summed E-state index contributed by atoms with van der Waals surface area (Å²) in [6.07, 6.45) is 3.84. The first kappa shape index (κ1) is 18.7. The number of quaternary nitrogens is 1. The molecule has 1 heterocycles. The number of hydrogen-bond acceptors (Lipinski definition) is 1. The van der Waals surface area contributed by atoms with E-state index in [2.05, 4.69) is 54.3 Å². The molecule has 1 amide bonds. The van der Waals surface area contributed by atoms with Crippen molar-refractivity contribution in [2.45, 2.75) is 51.6 Å². The van der Waals surface area contributed by atoms with Gasteiger partial charge >= 0.3 is 0 Å². The van der Waals surface area contributed by atoms with E-state index >= 15 is 0 Å². The van der Waals surface area contributed by atoms with Gasteiger partial charge in [0.05, 0.1) is 19.1 Å². The minimum atomic E-state index is 0.238. The Morgan fingerprint density at radius 2 is 1.62 bits per heavy atom. The highest BCUT2D eigenvalue weighted by molar-refractivity contribution is 5.93. The Bertz CT molecular complexity index is 678. The molecular formula is C23H31N2O+. The van der Waals surface area contributed by atoms with Gasteiger partial charge in [0, 0.05) is 37.4 Å². The highest BCUT2D eigenvalue weighted by Crippen LogP contribution is 2.22. The second-order valence-corrected chi connectivity index (χ2v) is 7.43. The lowest BCUT2D eigenvalue weighted by Crippen LogP contribution is -3.17. The van der Waals surface area contributed by atoms with E-state index in [9.17, 15) is 4.79 Å². The number of para-hydroxylation sites is 1. The van der Waals surface area contributed by atoms with Crippen molar-refractivity contribution in [3.63, 3.8) is 0 Å². The third-order valence-electron chi connectivity index (χ3n) is 5.65. The van der Waals surface area contributed by atoms with Crippen LogP contribution in [0.15, 0.2) is 60.7 Å². The normalized spacial score (nSPS) is 21.2. The summed E-state index contributed by atoms with van der Waals surface area (Å²) >= 11 is 0. The zero-order valence-corrected chi connectivity index (χ0v) is 16.0. The fourth-order valence-electron chi connectivity index (χ4n) is 4.15. The van der Waals surface area contributed by atoms with E-state index in [-0.39, 0.29) is 5.91 Å². The van der Waals surface area contributed by atoms with Crippen LogP contribution in [0.2, 0.25) is 0 Å². The van der Waals surface area contributed by atoms with Crippen LogP contribution < -0.4 is 9.80 Å². The lowest BCUT2D eigenvalue weighted by Gasteiger charge is -2.38. The van der Waals surface area contributed by atoms with E-state index in [0.717, 1.165) is 38.0 Å². The molecular weight excluding hydrogens is 320 g/mol. The van der Waals surface area contributed by atoms with Gasteiger partial charge in [0.1, 0.15) is 0 Å². The summed E-state index contributed by atoms with van der Waals surface area (Å²) in [5, 5.41) is 0. The molecule has 1 saturated heterocycles. The van der Waals surface area contributed by atoms with Crippen LogP contribution in [0.4, 0.5) is 5.69 Å². The average Bonchev–Trinajstić information content (AvgIpc) is 2.70. The van der Waals surface area contributed by atoms with Crippen molar-refractivity contribution in [1.29, 1.82) is 0 Å². The molecule has 0 bridgehead atoms. The summed E-state index contributed by atoms with van der Waals surface area (Å²) < 4.78 is 0. The van der Waals surface area contributed by atoms with Crippen molar-refractivity contribution >= 4 is 11.6 Å². The number of likely N-dealkylation sites (tertiary alicyclic amines) is 1. The van der Waals surface area contributed by atoms with Crippen molar-refractivity contribution in [2.24, 2.45) is 0 Å². The first-order chi connectivity index (χ1) is 12.7. The van der Waals surface area contributed by atoms with Crippen molar-refractivity contribution in [3.8, 4) is 0 Å². The maximum absolute atomic E-state index is 12.6. The second-order valence-electron chi connectivity index (χ2n) is 7.43. The molecule has 0 aromatic heterocycles. The van der Waals surface area contributed by atoms with Crippen LogP contribution in [0, 0.1) is 0 Å². The first-order valence-electron chi connectivity index (χ1n) is 9.94. The molecule has 1 fully saturated rings. The molecule has 1 aliphatic heterocycles. The maximum Gasteiger partial charge on any atom is 0.226 e. The number of rotatable bonds is 6. The van der Waals surface area contributed by atoms with Crippen LogP contribution in [0.3, 0.4) is 0 Å². The predicted octanol–water partition coefficient (Wildman–Crippen LogP) is 3.11. The third kappa shape index (κ3) is 4.53. The molecule has 138 valence electrons. The van der Waals surface area contributed by atoms with Crippen LogP contribution in [0.1, 0.15) is 38.7 Å². The van der Waals surface area contributed by atoms with Crippen molar-refractivity contribution in [1.82, 2.24) is 0 Å². The van der Waals surface area contributed by atoms with Crippen LogP contribution >= 0.6 is 0 Å². The molecule has 2 aromatic rings. The van der Waals surface area contributed by atoms with Gasteiger partial charge in [-0.1, -0.05) is 55.5 Å². The monoisotopic (exact) mass is 351 g/mol. The van der Waals surface area contributed by atoms with E-state index in [1.54, 1.807) is 4.90 Å². The summed E-state index contributed by atoms with van der Waals surface area (Å²) in [7, 11) is 0. The molecule has 2 aromatic carbocycles. The van der Waals surface area contributed by atoms with Crippen LogP contribution in [0.25, 0.3) is 0 Å². The molecule has 1 unspecified atom stereocenters. The third-order valence-corrected chi connectivity index (χ3v) is 5.65. The first-order valence-corrected chi connectivity index (χ1v) is 9.94. The lowest BCUT2D eigenvalue weighted by atomic mass is 9.98. The predicted molar refractivity (Wildman–Crippen MR) is 108 cm³/mol. The maximum atomic E-state index is 12.6. The van der Waals surface area contributed by atoms with Crippen molar-refractivity contribution < 1.29 is 9.69 Å². The van der Waals surface area contributed by atoms with Gasteiger partial charge in [0.2, 0.25) is 5.91 Å². The summed E-state index contributed by atoms with van der Waals surface area (Å²) in [5.41, 5.74) is 2.46. The number of anilines is 1. The van der Waals surface area contributed by atoms with Gasteiger partial charge in [-0.15, -0.1) is 0 Å². The Morgan fingerprint density at radius 3 is 2.19 bits per heavy atom. The number of nitrogens with zero attached hydrogens (tertiary/aromatic N) is 1. The number of carbonyl (C=O) groups excluding carboxylic acids is 1. The molecule has 0 saturated carbocycles. The number of carbonyl (C=O) groups is 1. The largest absolute Gasteiger partial charge is 0.332 e. The highest BCUT2D eigenvalue weighted by Gasteiger charge is 2.32. The molecule has 1 N–H and O–H groups in total. The Hall–Kier alpha value is -2.13. The molecule has 3 heteroatoms. The Kier molecular flexibility index (Phi) is 6.45. The highest BCUT2D eigenvalue weighted by atomic mass is 16.2. The number of nitrogens with one attached hydrogen (secondary N) is 1. The number of amides is 1. The second kappa shape index (κ2) is 9.00. The van der Waals surface area contributed by atoms with E-state index in [0.29, 0.717) is 18.5 Å². The fourth-order valence-corrected chi connectivity index (χ4v) is 4.15. The molecule has 0 spiro atoms. The topological polar surface area (TPSA) is 24.8 Å². The smallest absolute Gasteiger partial charge is 0.226 e. The van der Waals surface area contributed by atoms with E-state index in [1.807, 2.05) is 25.1 Å². The lowest BCUT2D eigenvalue weighted by molar-refractivity contribution is -0.928. The Labute approximate surface area is 157 Å². The molecule has 3 rings (SSSR count). The molecule has 0 radical (unpaired) electrons. The van der Waals surface area contributed by atoms with Gasteiger partial charge < -0.3 is 9.80 Å². The average molecular weight is 352 g/mol. The van der Waals surface area contributed by atoms with Crippen molar-refractivity contribution in [3.05, 3.63) is 66.2 Å². The Morgan fingerprint density at radius 1 is 1.04 bits per heavy atom. The molecule has 3 nitrogen and oxygen atoms in total.